The lowest BCUT2D eigenvalue weighted by molar-refractivity contribution is 0.878. The Kier molecular flexibility index (Phi) is 8.81. The SMILES string of the molecule is c1ccc(N(c2ccc(-c3cc4c5c(c3)CCc3cc(-c6ccc(N(c7ccccc7)c7cccc8ccccc78)cc6)cc(c3-5)CC4)cc2)c2cccc3ccccc23)cc1. The number of anilines is 6. The fourth-order valence-electron chi connectivity index (χ4n) is 10.3. The maximum Gasteiger partial charge on any atom is 0.0540 e. The molecule has 0 saturated heterocycles. The Bertz CT molecular complexity index is 2990. The van der Waals surface area contributed by atoms with Gasteiger partial charge in [-0.2, -0.15) is 0 Å². The topological polar surface area (TPSA) is 6.48 Å². The molecule has 0 N–H and O–H groups in total. The number of hydrogen-bond acceptors (Lipinski definition) is 2. The molecule has 10 aromatic rings. The van der Waals surface area contributed by atoms with E-state index in [1.807, 2.05) is 0 Å². The molecule has 0 saturated carbocycles. The molecule has 0 radical (unpaired) electrons. The summed E-state index contributed by atoms with van der Waals surface area (Å²) in [6, 6.07) is 80.3. The third-order valence-electron chi connectivity index (χ3n) is 13.1. The zero-order chi connectivity index (χ0) is 41.0. The summed E-state index contributed by atoms with van der Waals surface area (Å²) in [4.78, 5) is 4.77. The fourth-order valence-corrected chi connectivity index (χ4v) is 10.3. The first-order chi connectivity index (χ1) is 30.7. The van der Waals surface area contributed by atoms with E-state index in [4.69, 9.17) is 0 Å². The lowest BCUT2D eigenvalue weighted by Gasteiger charge is -2.31. The highest BCUT2D eigenvalue weighted by Crippen LogP contribution is 2.47. The molecular formula is C60H44N2. The minimum atomic E-state index is 1.06. The van der Waals surface area contributed by atoms with Gasteiger partial charge in [0.1, 0.15) is 0 Å². The standard InChI is InChI=1S/C60H44N2/c1-3-17-51(18-4-1)61(57-23-11-15-43-13-7-9-21-55(43)57)53-33-29-41(30-34-53)49-37-45-25-27-47-39-50(40-48-28-26-46(38-49)59(45)60(47)48)42-31-35-54(36-32-42)62(52-19-5-2-6-20-52)58-24-12-16-44-14-8-10-22-56(44)58/h1-24,29-40H,25-28H2. The van der Waals surface area contributed by atoms with Crippen molar-refractivity contribution in [2.24, 2.45) is 0 Å². The molecule has 0 bridgehead atoms. The molecule has 2 aliphatic carbocycles. The highest BCUT2D eigenvalue weighted by Gasteiger charge is 2.28. The van der Waals surface area contributed by atoms with Crippen LogP contribution in [0, 0.1) is 0 Å². The maximum absolute atomic E-state index is 2.48. The van der Waals surface area contributed by atoms with Crippen LogP contribution in [0.5, 0.6) is 0 Å². The number of nitrogens with zero attached hydrogens (tertiary/aromatic N) is 2. The zero-order valence-electron chi connectivity index (χ0n) is 34.5. The van der Waals surface area contributed by atoms with Gasteiger partial charge in [0, 0.05) is 33.5 Å². The molecule has 0 amide bonds. The third-order valence-corrected chi connectivity index (χ3v) is 13.1. The Labute approximate surface area is 363 Å². The minimum absolute atomic E-state index is 1.06. The van der Waals surface area contributed by atoms with Gasteiger partial charge in [0.05, 0.1) is 11.4 Å². The van der Waals surface area contributed by atoms with E-state index in [0.717, 1.165) is 48.4 Å². The third kappa shape index (κ3) is 6.26. The van der Waals surface area contributed by atoms with Gasteiger partial charge in [-0.05, 0) is 153 Å². The summed E-state index contributed by atoms with van der Waals surface area (Å²) in [6.45, 7) is 0. The van der Waals surface area contributed by atoms with E-state index >= 15 is 0 Å². The molecule has 10 aromatic carbocycles. The second-order valence-electron chi connectivity index (χ2n) is 16.8. The Morgan fingerprint density at radius 2 is 0.581 bits per heavy atom. The predicted octanol–water partition coefficient (Wildman–Crippen LogP) is 16.1. The van der Waals surface area contributed by atoms with Crippen LogP contribution < -0.4 is 9.80 Å². The summed E-state index contributed by atoms with van der Waals surface area (Å²) >= 11 is 0. The molecule has 0 heterocycles. The summed E-state index contributed by atoms with van der Waals surface area (Å²) in [5.41, 5.74) is 21.1. The number of hydrogen-bond donors (Lipinski definition) is 0. The fraction of sp³-hybridized carbons (Fsp3) is 0.0667. The molecule has 0 aliphatic heterocycles. The first kappa shape index (κ1) is 36.2. The van der Waals surface area contributed by atoms with Crippen LogP contribution in [0.25, 0.3) is 54.9 Å². The van der Waals surface area contributed by atoms with Gasteiger partial charge in [-0.3, -0.25) is 0 Å². The van der Waals surface area contributed by atoms with E-state index in [1.165, 1.54) is 88.6 Å². The summed E-state index contributed by atoms with van der Waals surface area (Å²) in [5, 5.41) is 4.96. The van der Waals surface area contributed by atoms with Gasteiger partial charge in [0.2, 0.25) is 0 Å². The van der Waals surface area contributed by atoms with Crippen molar-refractivity contribution < 1.29 is 0 Å². The molecule has 2 heteroatoms. The summed E-state index contributed by atoms with van der Waals surface area (Å²) < 4.78 is 0. The molecule has 62 heavy (non-hydrogen) atoms. The van der Waals surface area contributed by atoms with E-state index in [-0.39, 0.29) is 0 Å². The van der Waals surface area contributed by atoms with Crippen molar-refractivity contribution in [3.05, 3.63) is 241 Å². The summed E-state index contributed by atoms with van der Waals surface area (Å²) in [7, 11) is 0. The van der Waals surface area contributed by atoms with Crippen molar-refractivity contribution in [2.45, 2.75) is 25.7 Å². The molecule has 0 spiro atoms. The minimum Gasteiger partial charge on any atom is -0.310 e. The van der Waals surface area contributed by atoms with Gasteiger partial charge in [0.15, 0.2) is 0 Å². The monoisotopic (exact) mass is 792 g/mol. The quantitative estimate of drug-likeness (QED) is 0.151. The van der Waals surface area contributed by atoms with Crippen molar-refractivity contribution in [2.75, 3.05) is 9.80 Å². The van der Waals surface area contributed by atoms with E-state index in [2.05, 4.69) is 228 Å². The van der Waals surface area contributed by atoms with Gasteiger partial charge in [0.25, 0.3) is 0 Å². The van der Waals surface area contributed by atoms with Crippen LogP contribution >= 0.6 is 0 Å². The first-order valence-electron chi connectivity index (χ1n) is 21.9. The number of rotatable bonds is 8. The van der Waals surface area contributed by atoms with Crippen molar-refractivity contribution >= 4 is 55.7 Å². The van der Waals surface area contributed by atoms with Crippen molar-refractivity contribution in [3.8, 4) is 33.4 Å². The van der Waals surface area contributed by atoms with Crippen molar-refractivity contribution in [1.82, 2.24) is 0 Å². The van der Waals surface area contributed by atoms with Crippen molar-refractivity contribution in [1.29, 1.82) is 0 Å². The van der Waals surface area contributed by atoms with Crippen LogP contribution in [0.1, 0.15) is 22.3 Å². The normalized spacial score (nSPS) is 12.6. The van der Waals surface area contributed by atoms with Gasteiger partial charge in [-0.25, -0.2) is 0 Å². The molecule has 0 aromatic heterocycles. The number of benzene rings is 10. The zero-order valence-corrected chi connectivity index (χ0v) is 34.5. The van der Waals surface area contributed by atoms with Gasteiger partial charge in [-0.15, -0.1) is 0 Å². The highest BCUT2D eigenvalue weighted by atomic mass is 15.1. The van der Waals surface area contributed by atoms with Crippen LogP contribution in [0.15, 0.2) is 218 Å². The lowest BCUT2D eigenvalue weighted by Crippen LogP contribution is -2.14. The highest BCUT2D eigenvalue weighted by molar-refractivity contribution is 6.00. The molecule has 0 unspecified atom stereocenters. The molecule has 2 aliphatic rings. The van der Waals surface area contributed by atoms with E-state index in [1.54, 1.807) is 0 Å². The van der Waals surface area contributed by atoms with E-state index in [9.17, 15) is 0 Å². The van der Waals surface area contributed by atoms with Gasteiger partial charge >= 0.3 is 0 Å². The summed E-state index contributed by atoms with van der Waals surface area (Å²) in [6.07, 6.45) is 4.23. The number of fused-ring (bicyclic) bond motifs is 2. The van der Waals surface area contributed by atoms with Crippen LogP contribution in [-0.4, -0.2) is 0 Å². The molecule has 0 atom stereocenters. The Morgan fingerprint density at radius 1 is 0.258 bits per heavy atom. The molecule has 294 valence electrons. The molecule has 2 nitrogen and oxygen atoms in total. The van der Waals surface area contributed by atoms with Crippen LogP contribution in [0.4, 0.5) is 34.1 Å². The van der Waals surface area contributed by atoms with Crippen molar-refractivity contribution in [3.63, 3.8) is 0 Å². The molecule has 0 fully saturated rings. The Morgan fingerprint density at radius 3 is 0.968 bits per heavy atom. The Balaban J connectivity index is 0.860. The number of aryl methyl sites for hydroxylation is 4. The largest absolute Gasteiger partial charge is 0.310 e. The lowest BCUT2D eigenvalue weighted by atomic mass is 9.73. The smallest absolute Gasteiger partial charge is 0.0540 e. The predicted molar refractivity (Wildman–Crippen MR) is 262 cm³/mol. The maximum atomic E-state index is 2.48. The van der Waals surface area contributed by atoms with E-state index in [0.29, 0.717) is 0 Å². The molecular weight excluding hydrogens is 749 g/mol. The second kappa shape index (κ2) is 15.1. The van der Waals surface area contributed by atoms with Gasteiger partial charge < -0.3 is 9.80 Å². The van der Waals surface area contributed by atoms with Gasteiger partial charge in [-0.1, -0.05) is 158 Å². The average Bonchev–Trinajstić information content (AvgIpc) is 3.34. The Hall–Kier alpha value is -7.68. The second-order valence-corrected chi connectivity index (χ2v) is 16.8. The summed E-state index contributed by atoms with van der Waals surface area (Å²) in [5.74, 6) is 0. The number of para-hydroxylation sites is 2. The van der Waals surface area contributed by atoms with E-state index < -0.39 is 0 Å². The first-order valence-corrected chi connectivity index (χ1v) is 21.9. The van der Waals surface area contributed by atoms with Crippen LogP contribution in [0.3, 0.4) is 0 Å². The van der Waals surface area contributed by atoms with Crippen LogP contribution in [0.2, 0.25) is 0 Å². The average molecular weight is 793 g/mol. The molecule has 12 rings (SSSR count). The van der Waals surface area contributed by atoms with Crippen LogP contribution in [-0.2, 0) is 25.7 Å².